The van der Waals surface area contributed by atoms with E-state index in [0.29, 0.717) is 19.4 Å². The number of para-hydroxylation sites is 1. The summed E-state index contributed by atoms with van der Waals surface area (Å²) in [4.78, 5) is 25.7. The Labute approximate surface area is 161 Å². The van der Waals surface area contributed by atoms with Crippen molar-refractivity contribution in [2.75, 3.05) is 5.32 Å². The molecule has 0 unspecified atom stereocenters. The highest BCUT2D eigenvalue weighted by molar-refractivity contribution is 6.13. The number of amides is 2. The van der Waals surface area contributed by atoms with Gasteiger partial charge in [-0.25, -0.2) is 0 Å². The van der Waals surface area contributed by atoms with Crippen molar-refractivity contribution in [2.24, 2.45) is 5.41 Å². The van der Waals surface area contributed by atoms with Crippen LogP contribution in [0.5, 0.6) is 0 Å². The Bertz CT molecular complexity index is 814. The Morgan fingerprint density at radius 2 is 1.52 bits per heavy atom. The van der Waals surface area contributed by atoms with Crippen molar-refractivity contribution in [2.45, 2.75) is 53.0 Å². The topological polar surface area (TPSA) is 58.2 Å². The van der Waals surface area contributed by atoms with Crippen molar-refractivity contribution in [3.05, 3.63) is 64.7 Å². The van der Waals surface area contributed by atoms with Crippen LogP contribution >= 0.6 is 0 Å². The van der Waals surface area contributed by atoms with Gasteiger partial charge in [-0.15, -0.1) is 0 Å². The average Bonchev–Trinajstić information content (AvgIpc) is 3.49. The summed E-state index contributed by atoms with van der Waals surface area (Å²) in [6, 6.07) is 14.1. The van der Waals surface area contributed by atoms with E-state index in [2.05, 4.69) is 24.5 Å². The van der Waals surface area contributed by atoms with Gasteiger partial charge in [0.25, 0.3) is 0 Å². The van der Waals surface area contributed by atoms with Crippen molar-refractivity contribution in [1.29, 1.82) is 0 Å². The highest BCUT2D eigenvalue weighted by atomic mass is 16.2. The number of nitrogens with one attached hydrogen (secondary N) is 2. The van der Waals surface area contributed by atoms with Crippen LogP contribution in [0.1, 0.15) is 48.9 Å². The van der Waals surface area contributed by atoms with Crippen LogP contribution in [0.3, 0.4) is 0 Å². The quantitative estimate of drug-likeness (QED) is 0.725. The van der Waals surface area contributed by atoms with Crippen molar-refractivity contribution in [3.63, 3.8) is 0 Å². The molecule has 2 aromatic carbocycles. The minimum absolute atomic E-state index is 0.174. The zero-order chi connectivity index (χ0) is 19.4. The van der Waals surface area contributed by atoms with Crippen molar-refractivity contribution < 1.29 is 9.59 Å². The van der Waals surface area contributed by atoms with Gasteiger partial charge in [-0.1, -0.05) is 61.9 Å². The lowest BCUT2D eigenvalue weighted by Crippen LogP contribution is -2.40. The molecule has 2 aromatic rings. The summed E-state index contributed by atoms with van der Waals surface area (Å²) in [6.07, 6.45) is 2.90. The van der Waals surface area contributed by atoms with Crippen LogP contribution < -0.4 is 10.6 Å². The molecule has 1 aliphatic carbocycles. The summed E-state index contributed by atoms with van der Waals surface area (Å²) in [5.41, 5.74) is 4.40. The smallest absolute Gasteiger partial charge is 0.240 e. The van der Waals surface area contributed by atoms with Crippen LogP contribution in [0, 0.1) is 12.3 Å². The van der Waals surface area contributed by atoms with Crippen LogP contribution in [-0.2, 0) is 29.0 Å². The fourth-order valence-corrected chi connectivity index (χ4v) is 3.38. The molecular weight excluding hydrogens is 336 g/mol. The second kappa shape index (κ2) is 7.95. The maximum Gasteiger partial charge on any atom is 0.240 e. The lowest BCUT2D eigenvalue weighted by Gasteiger charge is -2.19. The maximum atomic E-state index is 13.0. The molecule has 142 valence electrons. The van der Waals surface area contributed by atoms with Crippen LogP contribution in [-0.4, -0.2) is 11.8 Å². The summed E-state index contributed by atoms with van der Waals surface area (Å²) in [6.45, 7) is 6.63. The SMILES string of the molecule is CCc1cccc(CC)c1NC(=O)C1(C(=O)NCc2ccc(C)cc2)CC1. The summed E-state index contributed by atoms with van der Waals surface area (Å²) in [5, 5.41) is 6.02. The molecule has 2 N–H and O–H groups in total. The third kappa shape index (κ3) is 4.05. The molecule has 4 nitrogen and oxygen atoms in total. The van der Waals surface area contributed by atoms with Gasteiger partial charge in [0.05, 0.1) is 0 Å². The summed E-state index contributed by atoms with van der Waals surface area (Å²) in [7, 11) is 0. The zero-order valence-electron chi connectivity index (χ0n) is 16.4. The Morgan fingerprint density at radius 3 is 2.04 bits per heavy atom. The first kappa shape index (κ1) is 19.2. The minimum atomic E-state index is -0.920. The molecule has 0 aromatic heterocycles. The zero-order valence-corrected chi connectivity index (χ0v) is 16.4. The van der Waals surface area contributed by atoms with E-state index in [1.54, 1.807) is 0 Å². The molecule has 0 heterocycles. The second-order valence-corrected chi connectivity index (χ2v) is 7.36. The van der Waals surface area contributed by atoms with Crippen LogP contribution in [0.4, 0.5) is 5.69 Å². The van der Waals surface area contributed by atoms with Crippen LogP contribution in [0.2, 0.25) is 0 Å². The molecule has 3 rings (SSSR count). The molecule has 0 aliphatic heterocycles. The second-order valence-electron chi connectivity index (χ2n) is 7.36. The normalized spacial score (nSPS) is 14.5. The molecule has 1 fully saturated rings. The Morgan fingerprint density at radius 1 is 0.926 bits per heavy atom. The third-order valence-electron chi connectivity index (χ3n) is 5.43. The molecule has 0 saturated heterocycles. The van der Waals surface area contributed by atoms with Gasteiger partial charge in [-0.3, -0.25) is 9.59 Å². The van der Waals surface area contributed by atoms with Gasteiger partial charge in [-0.05, 0) is 49.3 Å². The van der Waals surface area contributed by atoms with E-state index >= 15 is 0 Å². The number of benzene rings is 2. The lowest BCUT2D eigenvalue weighted by atomic mass is 10.0. The van der Waals surface area contributed by atoms with Crippen molar-refractivity contribution in [3.8, 4) is 0 Å². The van der Waals surface area contributed by atoms with Gasteiger partial charge in [-0.2, -0.15) is 0 Å². The van der Waals surface area contributed by atoms with Crippen molar-refractivity contribution in [1.82, 2.24) is 5.32 Å². The van der Waals surface area contributed by atoms with E-state index < -0.39 is 5.41 Å². The molecular formula is C23H28N2O2. The van der Waals surface area contributed by atoms with Gasteiger partial charge < -0.3 is 10.6 Å². The van der Waals surface area contributed by atoms with E-state index in [4.69, 9.17) is 0 Å². The van der Waals surface area contributed by atoms with E-state index in [9.17, 15) is 9.59 Å². The number of aryl methyl sites for hydroxylation is 3. The highest BCUT2D eigenvalue weighted by Gasteiger charge is 2.56. The Kier molecular flexibility index (Phi) is 5.64. The van der Waals surface area contributed by atoms with E-state index in [-0.39, 0.29) is 11.8 Å². The Balaban J connectivity index is 1.69. The monoisotopic (exact) mass is 364 g/mol. The average molecular weight is 364 g/mol. The Hall–Kier alpha value is -2.62. The lowest BCUT2D eigenvalue weighted by molar-refractivity contribution is -0.134. The summed E-state index contributed by atoms with van der Waals surface area (Å²) in [5.74, 6) is -0.355. The molecule has 0 bridgehead atoms. The maximum absolute atomic E-state index is 13.0. The van der Waals surface area contributed by atoms with E-state index in [0.717, 1.165) is 35.2 Å². The van der Waals surface area contributed by atoms with Crippen molar-refractivity contribution >= 4 is 17.5 Å². The fourth-order valence-electron chi connectivity index (χ4n) is 3.38. The molecule has 0 atom stereocenters. The number of rotatable bonds is 7. The van der Waals surface area contributed by atoms with Gasteiger partial charge in [0, 0.05) is 12.2 Å². The third-order valence-corrected chi connectivity index (χ3v) is 5.43. The first-order chi connectivity index (χ1) is 13.0. The van der Waals surface area contributed by atoms with Gasteiger partial charge in [0.15, 0.2) is 0 Å². The largest absolute Gasteiger partial charge is 0.351 e. The number of carbonyl (C=O) groups excluding carboxylic acids is 2. The van der Waals surface area contributed by atoms with E-state index in [1.165, 1.54) is 5.56 Å². The number of hydrogen-bond donors (Lipinski definition) is 2. The van der Waals surface area contributed by atoms with E-state index in [1.807, 2.05) is 49.4 Å². The molecule has 1 aliphatic rings. The summed E-state index contributed by atoms with van der Waals surface area (Å²) < 4.78 is 0. The van der Waals surface area contributed by atoms with Crippen LogP contribution in [0.15, 0.2) is 42.5 Å². The number of carbonyl (C=O) groups is 2. The minimum Gasteiger partial charge on any atom is -0.351 e. The molecule has 1 saturated carbocycles. The molecule has 2 amide bonds. The predicted molar refractivity (Wildman–Crippen MR) is 109 cm³/mol. The fraction of sp³-hybridized carbons (Fsp3) is 0.391. The van der Waals surface area contributed by atoms with Gasteiger partial charge >= 0.3 is 0 Å². The first-order valence-corrected chi connectivity index (χ1v) is 9.76. The highest BCUT2D eigenvalue weighted by Crippen LogP contribution is 2.47. The molecule has 4 heteroatoms. The standard InChI is InChI=1S/C23H28N2O2/c1-4-18-7-6-8-19(5-2)20(18)25-22(27)23(13-14-23)21(26)24-15-17-11-9-16(3)10-12-17/h6-12H,4-5,13-15H2,1-3H3,(H,24,26)(H,25,27). The first-order valence-electron chi connectivity index (χ1n) is 9.76. The molecule has 27 heavy (non-hydrogen) atoms. The molecule has 0 radical (unpaired) electrons. The van der Waals surface area contributed by atoms with Gasteiger partial charge in [0.1, 0.15) is 5.41 Å². The number of anilines is 1. The predicted octanol–water partition coefficient (Wildman–Crippen LogP) is 4.15. The molecule has 0 spiro atoms. The van der Waals surface area contributed by atoms with Gasteiger partial charge in [0.2, 0.25) is 11.8 Å². The van der Waals surface area contributed by atoms with Crippen LogP contribution in [0.25, 0.3) is 0 Å². The number of hydrogen-bond acceptors (Lipinski definition) is 2. The summed E-state index contributed by atoms with van der Waals surface area (Å²) >= 11 is 0.